The second-order valence-electron chi connectivity index (χ2n) is 5.49. The maximum absolute atomic E-state index is 12.5. The number of aromatic hydroxyl groups is 1. The first-order valence-electron chi connectivity index (χ1n) is 7.41. The number of hydrogen-bond donors (Lipinski definition) is 1. The molecular formula is C16H18N2O2S2. The lowest BCUT2D eigenvalue weighted by molar-refractivity contribution is -0.123. The summed E-state index contributed by atoms with van der Waals surface area (Å²) in [5.41, 5.74) is 0.640. The fourth-order valence-corrected chi connectivity index (χ4v) is 3.91. The topological polar surface area (TPSA) is 43.8 Å². The highest BCUT2D eigenvalue weighted by Gasteiger charge is 2.33. The summed E-state index contributed by atoms with van der Waals surface area (Å²) in [7, 11) is 0. The molecule has 4 nitrogen and oxygen atoms in total. The Hall–Kier alpha value is -1.37. The molecule has 0 bridgehead atoms. The Balaban J connectivity index is 1.75. The number of thioether (sulfide) groups is 1. The molecule has 0 unspecified atom stereocenters. The zero-order chi connectivity index (χ0) is 15.5. The van der Waals surface area contributed by atoms with Crippen LogP contribution < -0.4 is 0 Å². The van der Waals surface area contributed by atoms with Gasteiger partial charge in [-0.2, -0.15) is 0 Å². The van der Waals surface area contributed by atoms with E-state index in [1.165, 1.54) is 31.0 Å². The summed E-state index contributed by atoms with van der Waals surface area (Å²) in [4.78, 5) is 17.1. The van der Waals surface area contributed by atoms with E-state index in [-0.39, 0.29) is 11.7 Å². The van der Waals surface area contributed by atoms with E-state index in [1.807, 2.05) is 6.07 Å². The zero-order valence-corrected chi connectivity index (χ0v) is 13.8. The smallest absolute Gasteiger partial charge is 0.267 e. The number of carbonyl (C=O) groups excluding carboxylic acids is 1. The first-order valence-corrected chi connectivity index (χ1v) is 8.63. The highest BCUT2D eigenvalue weighted by atomic mass is 32.2. The molecule has 2 aliphatic rings. The molecule has 1 aromatic rings. The second-order valence-corrected chi connectivity index (χ2v) is 7.16. The maximum atomic E-state index is 12.5. The van der Waals surface area contributed by atoms with Crippen molar-refractivity contribution in [3.63, 3.8) is 0 Å². The first-order chi connectivity index (χ1) is 10.6. The van der Waals surface area contributed by atoms with Crippen LogP contribution in [0.15, 0.2) is 29.2 Å². The van der Waals surface area contributed by atoms with E-state index in [1.54, 1.807) is 29.2 Å². The third kappa shape index (κ3) is 3.34. The number of carbonyl (C=O) groups is 1. The van der Waals surface area contributed by atoms with Gasteiger partial charge in [0.05, 0.1) is 11.6 Å². The Bertz CT molecular complexity index is 624. The van der Waals surface area contributed by atoms with Gasteiger partial charge in [0.15, 0.2) is 0 Å². The van der Waals surface area contributed by atoms with Gasteiger partial charge in [-0.15, -0.1) is 0 Å². The van der Waals surface area contributed by atoms with Gasteiger partial charge < -0.3 is 5.11 Å². The van der Waals surface area contributed by atoms with Crippen LogP contribution >= 0.6 is 24.0 Å². The van der Waals surface area contributed by atoms with E-state index >= 15 is 0 Å². The van der Waals surface area contributed by atoms with Crippen molar-refractivity contribution in [2.75, 3.05) is 19.8 Å². The lowest BCUT2D eigenvalue weighted by atomic mass is 10.1. The third-order valence-corrected chi connectivity index (χ3v) is 5.26. The predicted molar refractivity (Wildman–Crippen MR) is 93.4 cm³/mol. The minimum Gasteiger partial charge on any atom is -0.507 e. The molecule has 0 aliphatic carbocycles. The number of hydrogen-bond acceptors (Lipinski definition) is 5. The van der Waals surface area contributed by atoms with Gasteiger partial charge in [0, 0.05) is 5.56 Å². The summed E-state index contributed by atoms with van der Waals surface area (Å²) in [6.45, 7) is 2.62. The van der Waals surface area contributed by atoms with Crippen molar-refractivity contribution in [2.45, 2.75) is 19.3 Å². The lowest BCUT2D eigenvalue weighted by Gasteiger charge is -2.29. The van der Waals surface area contributed by atoms with E-state index in [2.05, 4.69) is 4.90 Å². The summed E-state index contributed by atoms with van der Waals surface area (Å²) in [5, 5.41) is 9.83. The van der Waals surface area contributed by atoms with E-state index in [9.17, 15) is 9.90 Å². The number of thiocarbonyl (C=S) groups is 1. The number of para-hydroxylation sites is 1. The van der Waals surface area contributed by atoms with Crippen molar-refractivity contribution >= 4 is 40.3 Å². The van der Waals surface area contributed by atoms with Crippen LogP contribution in [0, 0.1) is 0 Å². The minimum absolute atomic E-state index is 0.0659. The molecule has 116 valence electrons. The molecule has 0 spiro atoms. The molecule has 0 radical (unpaired) electrons. The maximum Gasteiger partial charge on any atom is 0.267 e. The fourth-order valence-electron chi connectivity index (χ4n) is 2.67. The second kappa shape index (κ2) is 6.81. The summed E-state index contributed by atoms with van der Waals surface area (Å²) in [6, 6.07) is 6.99. The molecule has 3 rings (SSSR count). The monoisotopic (exact) mass is 334 g/mol. The average Bonchev–Trinajstić information content (AvgIpc) is 2.78. The standard InChI is InChI=1S/C16H18N2O2S2/c19-13-7-3-2-6-12(13)10-14-15(20)18(16(21)22-14)11-17-8-4-1-5-9-17/h2-3,6-7,10,19H,1,4-5,8-9,11H2. The van der Waals surface area contributed by atoms with Crippen molar-refractivity contribution in [1.82, 2.24) is 9.80 Å². The normalized spacial score (nSPS) is 21.8. The number of nitrogens with zero attached hydrogens (tertiary/aromatic N) is 2. The number of phenolic OH excluding ortho intramolecular Hbond substituents is 1. The number of benzene rings is 1. The fraction of sp³-hybridized carbons (Fsp3) is 0.375. The number of rotatable bonds is 3. The molecule has 2 aliphatic heterocycles. The van der Waals surface area contributed by atoms with Crippen LogP contribution in [0.25, 0.3) is 6.08 Å². The van der Waals surface area contributed by atoms with E-state index < -0.39 is 0 Å². The van der Waals surface area contributed by atoms with E-state index in [0.717, 1.165) is 13.1 Å². The summed E-state index contributed by atoms with van der Waals surface area (Å²) in [6.07, 6.45) is 5.35. The summed E-state index contributed by atoms with van der Waals surface area (Å²) in [5.74, 6) is 0.104. The molecule has 0 saturated carbocycles. The molecule has 1 amide bonds. The van der Waals surface area contributed by atoms with Crippen molar-refractivity contribution in [2.24, 2.45) is 0 Å². The lowest BCUT2D eigenvalue weighted by Crippen LogP contribution is -2.42. The number of phenols is 1. The quantitative estimate of drug-likeness (QED) is 0.680. The van der Waals surface area contributed by atoms with Crippen LogP contribution in [-0.2, 0) is 4.79 Å². The van der Waals surface area contributed by atoms with Gasteiger partial charge in [-0.3, -0.25) is 14.6 Å². The van der Waals surface area contributed by atoms with Gasteiger partial charge >= 0.3 is 0 Å². The largest absolute Gasteiger partial charge is 0.507 e. The Kier molecular flexibility index (Phi) is 4.81. The average molecular weight is 334 g/mol. The number of piperidine rings is 1. The number of amides is 1. The van der Waals surface area contributed by atoms with Crippen molar-refractivity contribution in [3.8, 4) is 5.75 Å². The van der Waals surface area contributed by atoms with Crippen LogP contribution in [0.3, 0.4) is 0 Å². The molecule has 1 aromatic carbocycles. The minimum atomic E-state index is -0.0659. The number of likely N-dealkylation sites (tertiary alicyclic amines) is 1. The van der Waals surface area contributed by atoms with Crippen LogP contribution in [0.1, 0.15) is 24.8 Å². The first kappa shape index (κ1) is 15.5. The molecule has 0 atom stereocenters. The van der Waals surface area contributed by atoms with Gasteiger partial charge in [0.25, 0.3) is 5.91 Å². The summed E-state index contributed by atoms with van der Waals surface area (Å²) < 4.78 is 0.595. The third-order valence-electron chi connectivity index (χ3n) is 3.89. The predicted octanol–water partition coefficient (Wildman–Crippen LogP) is 3.04. The van der Waals surface area contributed by atoms with Gasteiger partial charge in [-0.05, 0) is 38.1 Å². The Labute approximate surface area is 139 Å². The molecule has 1 N–H and O–H groups in total. The summed E-state index contributed by atoms with van der Waals surface area (Å²) >= 11 is 6.66. The SMILES string of the molecule is O=C1C(=Cc2ccccc2O)SC(=S)N1CN1CCCCC1. The van der Waals surface area contributed by atoms with E-state index in [4.69, 9.17) is 12.2 Å². The Morgan fingerprint density at radius 2 is 1.95 bits per heavy atom. The van der Waals surface area contributed by atoms with Gasteiger partial charge in [-0.1, -0.05) is 48.6 Å². The van der Waals surface area contributed by atoms with Gasteiger partial charge in [0.1, 0.15) is 10.1 Å². The molecule has 2 fully saturated rings. The molecule has 0 aromatic heterocycles. The van der Waals surface area contributed by atoms with Crippen molar-refractivity contribution < 1.29 is 9.90 Å². The molecule has 2 heterocycles. The zero-order valence-electron chi connectivity index (χ0n) is 12.2. The van der Waals surface area contributed by atoms with Crippen LogP contribution in [0.4, 0.5) is 0 Å². The highest BCUT2D eigenvalue weighted by Crippen LogP contribution is 2.34. The van der Waals surface area contributed by atoms with E-state index in [0.29, 0.717) is 21.5 Å². The molecule has 2 saturated heterocycles. The van der Waals surface area contributed by atoms with Crippen molar-refractivity contribution in [3.05, 3.63) is 34.7 Å². The molecule has 22 heavy (non-hydrogen) atoms. The van der Waals surface area contributed by atoms with Crippen LogP contribution in [-0.4, -0.2) is 44.9 Å². The van der Waals surface area contributed by atoms with Crippen LogP contribution in [0.5, 0.6) is 5.75 Å². The van der Waals surface area contributed by atoms with Crippen LogP contribution in [0.2, 0.25) is 0 Å². The highest BCUT2D eigenvalue weighted by molar-refractivity contribution is 8.26. The van der Waals surface area contributed by atoms with Crippen molar-refractivity contribution in [1.29, 1.82) is 0 Å². The molecular weight excluding hydrogens is 316 g/mol. The Morgan fingerprint density at radius 3 is 2.68 bits per heavy atom. The Morgan fingerprint density at radius 1 is 1.23 bits per heavy atom. The van der Waals surface area contributed by atoms with Gasteiger partial charge in [0.2, 0.25) is 0 Å². The molecule has 6 heteroatoms. The van der Waals surface area contributed by atoms with Gasteiger partial charge in [-0.25, -0.2) is 0 Å².